The number of carboxylic acids is 1. The Bertz CT molecular complexity index is 1070. The predicted molar refractivity (Wildman–Crippen MR) is 113 cm³/mol. The van der Waals surface area contributed by atoms with E-state index in [1.165, 1.54) is 38.1 Å². The average molecular weight is 408 g/mol. The van der Waals surface area contributed by atoms with E-state index in [4.69, 9.17) is 4.98 Å². The Labute approximate surface area is 174 Å². The number of nitrogens with zero attached hydrogens (tertiary/aromatic N) is 3. The number of halogens is 1. The molecular formula is C23H25FN4O2. The van der Waals surface area contributed by atoms with Gasteiger partial charge in [0.25, 0.3) is 0 Å². The van der Waals surface area contributed by atoms with Crippen LogP contribution in [0, 0.1) is 11.7 Å². The van der Waals surface area contributed by atoms with Crippen molar-refractivity contribution >= 4 is 17.0 Å². The maximum absolute atomic E-state index is 13.4. The number of carbonyl (C=O) groups is 1. The molecule has 1 aromatic heterocycles. The molecule has 3 aliphatic heterocycles. The summed E-state index contributed by atoms with van der Waals surface area (Å²) in [7, 11) is 0. The molecule has 156 valence electrons. The van der Waals surface area contributed by atoms with Gasteiger partial charge in [0.15, 0.2) is 0 Å². The lowest BCUT2D eigenvalue weighted by Gasteiger charge is -2.45. The van der Waals surface area contributed by atoms with Crippen molar-refractivity contribution in [3.8, 4) is 11.4 Å². The van der Waals surface area contributed by atoms with E-state index in [0.717, 1.165) is 24.6 Å². The lowest BCUT2D eigenvalue weighted by Crippen LogP contribution is -2.56. The van der Waals surface area contributed by atoms with Crippen molar-refractivity contribution < 1.29 is 14.3 Å². The summed E-state index contributed by atoms with van der Waals surface area (Å²) < 4.78 is 15.4. The molecule has 4 heterocycles. The Morgan fingerprint density at radius 2 is 1.93 bits per heavy atom. The molecule has 7 heteroatoms. The van der Waals surface area contributed by atoms with Crippen LogP contribution in [0.15, 0.2) is 42.5 Å². The zero-order chi connectivity index (χ0) is 20.7. The fraction of sp³-hybridized carbons (Fsp3) is 0.391. The number of benzene rings is 2. The molecule has 2 N–H and O–H groups in total. The highest BCUT2D eigenvalue weighted by molar-refractivity contribution is 6.02. The number of imidazole rings is 1. The predicted octanol–water partition coefficient (Wildman–Crippen LogP) is 3.22. The fourth-order valence-electron chi connectivity index (χ4n) is 4.95. The van der Waals surface area contributed by atoms with Gasteiger partial charge in [0.1, 0.15) is 11.6 Å². The molecule has 0 aliphatic carbocycles. The van der Waals surface area contributed by atoms with E-state index in [1.807, 2.05) is 10.6 Å². The highest BCUT2D eigenvalue weighted by atomic mass is 19.1. The number of hydrogen-bond donors (Lipinski definition) is 2. The zero-order valence-electron chi connectivity index (χ0n) is 16.7. The molecule has 0 spiro atoms. The van der Waals surface area contributed by atoms with Gasteiger partial charge in [-0.1, -0.05) is 6.07 Å². The molecule has 3 fully saturated rings. The second kappa shape index (κ2) is 7.81. The largest absolute Gasteiger partial charge is 0.478 e. The monoisotopic (exact) mass is 408 g/mol. The Morgan fingerprint density at radius 1 is 1.17 bits per heavy atom. The first-order valence-electron chi connectivity index (χ1n) is 10.5. The van der Waals surface area contributed by atoms with Crippen molar-refractivity contribution in [1.82, 2.24) is 19.8 Å². The first-order chi connectivity index (χ1) is 14.6. The van der Waals surface area contributed by atoms with Gasteiger partial charge in [0, 0.05) is 31.2 Å². The number of hydrogen-bond acceptors (Lipinski definition) is 4. The van der Waals surface area contributed by atoms with Gasteiger partial charge >= 0.3 is 5.97 Å². The maximum atomic E-state index is 13.4. The smallest absolute Gasteiger partial charge is 0.337 e. The van der Waals surface area contributed by atoms with E-state index in [1.54, 1.807) is 24.3 Å². The van der Waals surface area contributed by atoms with E-state index >= 15 is 0 Å². The summed E-state index contributed by atoms with van der Waals surface area (Å²) in [4.78, 5) is 19.1. The summed E-state index contributed by atoms with van der Waals surface area (Å²) in [5, 5.41) is 13.4. The molecule has 1 atom stereocenters. The number of rotatable bonds is 6. The summed E-state index contributed by atoms with van der Waals surface area (Å²) in [6.07, 6.45) is 2.49. The van der Waals surface area contributed by atoms with Crippen LogP contribution in [-0.2, 0) is 6.54 Å². The third kappa shape index (κ3) is 3.48. The van der Waals surface area contributed by atoms with Crippen molar-refractivity contribution in [1.29, 1.82) is 0 Å². The van der Waals surface area contributed by atoms with Gasteiger partial charge in [-0.15, -0.1) is 0 Å². The van der Waals surface area contributed by atoms with Crippen LogP contribution in [0.5, 0.6) is 0 Å². The third-order valence-corrected chi connectivity index (χ3v) is 6.50. The Kier molecular flexibility index (Phi) is 5.00. The summed E-state index contributed by atoms with van der Waals surface area (Å²) >= 11 is 0. The average Bonchev–Trinajstić information content (AvgIpc) is 3.14. The molecule has 6 nitrogen and oxygen atoms in total. The van der Waals surface area contributed by atoms with Crippen molar-refractivity contribution in [3.63, 3.8) is 0 Å². The minimum atomic E-state index is -0.974. The van der Waals surface area contributed by atoms with Crippen LogP contribution in [0.2, 0.25) is 0 Å². The normalized spacial score (nSPS) is 23.2. The van der Waals surface area contributed by atoms with Crippen LogP contribution < -0.4 is 5.32 Å². The van der Waals surface area contributed by atoms with Gasteiger partial charge in [0.05, 0.1) is 16.6 Å². The molecule has 0 amide bonds. The van der Waals surface area contributed by atoms with Crippen LogP contribution in [0.4, 0.5) is 4.39 Å². The molecule has 3 aromatic rings. The highest BCUT2D eigenvalue weighted by Gasteiger charge is 2.33. The number of nitrogens with one attached hydrogen (secondary N) is 1. The molecule has 0 radical (unpaired) electrons. The van der Waals surface area contributed by atoms with Gasteiger partial charge in [0.2, 0.25) is 0 Å². The summed E-state index contributed by atoms with van der Waals surface area (Å²) in [5.41, 5.74) is 2.25. The van der Waals surface area contributed by atoms with E-state index in [-0.39, 0.29) is 11.4 Å². The number of piperidine rings is 3. The first kappa shape index (κ1) is 19.2. The second-order valence-corrected chi connectivity index (χ2v) is 8.27. The first-order valence-corrected chi connectivity index (χ1v) is 10.5. The Hall–Kier alpha value is -2.77. The van der Waals surface area contributed by atoms with Crippen molar-refractivity contribution in [2.75, 3.05) is 26.2 Å². The number of aromatic nitrogens is 2. The summed E-state index contributed by atoms with van der Waals surface area (Å²) in [5.74, 6) is 0.101. The SMILES string of the molecule is O=C(O)c1cccc2nc(-c3ccc(F)cc3)n(CCN[C@@H]3CN4CCC3CC4)c12. The van der Waals surface area contributed by atoms with Gasteiger partial charge in [-0.3, -0.25) is 0 Å². The number of para-hydroxylation sites is 1. The fourth-order valence-corrected chi connectivity index (χ4v) is 4.95. The highest BCUT2D eigenvalue weighted by Crippen LogP contribution is 2.29. The molecule has 3 aliphatic rings. The molecule has 3 saturated heterocycles. The number of carboxylic acid groups (broad SMARTS) is 1. The third-order valence-electron chi connectivity index (χ3n) is 6.50. The van der Waals surface area contributed by atoms with Crippen molar-refractivity contribution in [3.05, 3.63) is 53.8 Å². The minimum Gasteiger partial charge on any atom is -0.478 e. The Morgan fingerprint density at radius 3 is 2.60 bits per heavy atom. The van der Waals surface area contributed by atoms with E-state index in [2.05, 4.69) is 10.2 Å². The van der Waals surface area contributed by atoms with Crippen molar-refractivity contribution in [2.24, 2.45) is 5.92 Å². The zero-order valence-corrected chi connectivity index (χ0v) is 16.7. The standard InChI is InChI=1S/C23H25FN4O2/c24-17-6-4-16(5-7-17)22-26-19-3-1-2-18(23(29)30)21(19)28(22)13-10-25-20-14-27-11-8-15(20)9-12-27/h1-7,15,20,25H,8-14H2,(H,29,30)/t20-/m1/s1. The molecule has 2 bridgehead atoms. The molecule has 0 saturated carbocycles. The quantitative estimate of drug-likeness (QED) is 0.655. The van der Waals surface area contributed by atoms with Crippen LogP contribution in [-0.4, -0.2) is 57.7 Å². The molecule has 6 rings (SSSR count). The molecule has 30 heavy (non-hydrogen) atoms. The van der Waals surface area contributed by atoms with E-state index < -0.39 is 5.97 Å². The van der Waals surface area contributed by atoms with Gasteiger partial charge in [-0.05, 0) is 68.2 Å². The van der Waals surface area contributed by atoms with Gasteiger partial charge in [-0.2, -0.15) is 0 Å². The van der Waals surface area contributed by atoms with Crippen LogP contribution in [0.3, 0.4) is 0 Å². The lowest BCUT2D eigenvalue weighted by molar-refractivity contribution is 0.0698. The number of fused-ring (bicyclic) bond motifs is 4. The number of aromatic carboxylic acids is 1. The second-order valence-electron chi connectivity index (χ2n) is 8.27. The Balaban J connectivity index is 1.47. The van der Waals surface area contributed by atoms with Crippen LogP contribution in [0.1, 0.15) is 23.2 Å². The topological polar surface area (TPSA) is 70.4 Å². The van der Waals surface area contributed by atoms with Crippen LogP contribution in [0.25, 0.3) is 22.4 Å². The molecule has 2 aromatic carbocycles. The molecular weight excluding hydrogens is 383 g/mol. The minimum absolute atomic E-state index is 0.233. The van der Waals surface area contributed by atoms with Crippen molar-refractivity contribution in [2.45, 2.75) is 25.4 Å². The van der Waals surface area contributed by atoms with E-state index in [0.29, 0.717) is 29.4 Å². The van der Waals surface area contributed by atoms with Gasteiger partial charge in [-0.25, -0.2) is 14.2 Å². The van der Waals surface area contributed by atoms with E-state index in [9.17, 15) is 14.3 Å². The van der Waals surface area contributed by atoms with Gasteiger partial charge < -0.3 is 19.9 Å². The van der Waals surface area contributed by atoms with Crippen LogP contribution >= 0.6 is 0 Å². The summed E-state index contributed by atoms with van der Waals surface area (Å²) in [6.45, 7) is 4.80. The summed E-state index contributed by atoms with van der Waals surface area (Å²) in [6, 6.07) is 11.8. The lowest BCUT2D eigenvalue weighted by atomic mass is 9.84. The molecule has 0 unspecified atom stereocenters. The maximum Gasteiger partial charge on any atom is 0.337 e.